The normalized spacial score (nSPS) is 17.8. The lowest BCUT2D eigenvalue weighted by atomic mass is 9.69. The summed E-state index contributed by atoms with van der Waals surface area (Å²) in [6.07, 6.45) is 2.42. The van der Waals surface area contributed by atoms with Crippen molar-refractivity contribution in [2.45, 2.75) is 45.4 Å². The summed E-state index contributed by atoms with van der Waals surface area (Å²) in [5.41, 5.74) is 2.21. The molecule has 0 bridgehead atoms. The van der Waals surface area contributed by atoms with Crippen LogP contribution in [0.15, 0.2) is 16.5 Å². The standard InChI is InChI=1S/C21H23NO9S2/c1-11-15-17(23)18(24)16-12-5-4-8-21(2,3)14(12)7-6-13(16)19(15)31-20(11)22(33(27,28)29)9-10-30-32(25)26/h6-7H,4-5,8-10H2,1-3H3,(H,25,26)(H,27,28,29)/p-1. The van der Waals surface area contributed by atoms with E-state index in [0.29, 0.717) is 16.3 Å². The molecule has 0 saturated heterocycles. The average Bonchev–Trinajstić information content (AvgIpc) is 3.04. The van der Waals surface area contributed by atoms with Gasteiger partial charge >= 0.3 is 10.3 Å². The van der Waals surface area contributed by atoms with Crippen molar-refractivity contribution in [3.63, 3.8) is 0 Å². The van der Waals surface area contributed by atoms with Gasteiger partial charge in [-0.25, -0.2) is 8.51 Å². The van der Waals surface area contributed by atoms with Crippen molar-refractivity contribution in [2.24, 2.45) is 0 Å². The van der Waals surface area contributed by atoms with Crippen molar-refractivity contribution in [1.82, 2.24) is 0 Å². The van der Waals surface area contributed by atoms with Gasteiger partial charge in [-0.15, -0.1) is 0 Å². The molecule has 4 rings (SSSR count). The summed E-state index contributed by atoms with van der Waals surface area (Å²) in [4.78, 5) is 26.3. The zero-order chi connectivity index (χ0) is 24.3. The zero-order valence-corrected chi connectivity index (χ0v) is 19.8. The van der Waals surface area contributed by atoms with E-state index < -0.39 is 52.3 Å². The van der Waals surface area contributed by atoms with Crippen LogP contribution in [0.2, 0.25) is 0 Å². The van der Waals surface area contributed by atoms with E-state index in [1.165, 1.54) is 6.92 Å². The number of carbonyl (C=O) groups excluding carboxylic acids is 2. The van der Waals surface area contributed by atoms with Gasteiger partial charge in [0.1, 0.15) is 5.76 Å². The second-order valence-corrected chi connectivity index (χ2v) is 10.7. The predicted octanol–water partition coefficient (Wildman–Crippen LogP) is 2.67. The van der Waals surface area contributed by atoms with E-state index in [9.17, 15) is 31.3 Å². The van der Waals surface area contributed by atoms with Crippen molar-refractivity contribution >= 4 is 39.1 Å². The van der Waals surface area contributed by atoms with Crippen LogP contribution in [0.3, 0.4) is 0 Å². The minimum atomic E-state index is -4.91. The lowest BCUT2D eigenvalue weighted by molar-refractivity contribution is 0.0813. The van der Waals surface area contributed by atoms with Crippen LogP contribution in [0, 0.1) is 6.92 Å². The molecule has 178 valence electrons. The molecule has 1 aromatic heterocycles. The Morgan fingerprint density at radius 3 is 2.55 bits per heavy atom. The molecule has 0 aliphatic heterocycles. The van der Waals surface area contributed by atoms with E-state index in [2.05, 4.69) is 18.0 Å². The monoisotopic (exact) mass is 496 g/mol. The van der Waals surface area contributed by atoms with Crippen molar-refractivity contribution in [3.05, 3.63) is 39.9 Å². The van der Waals surface area contributed by atoms with E-state index >= 15 is 0 Å². The Morgan fingerprint density at radius 1 is 1.24 bits per heavy atom. The van der Waals surface area contributed by atoms with Crippen molar-refractivity contribution in [2.75, 3.05) is 17.5 Å². The molecular formula is C21H22NO9S2-. The Morgan fingerprint density at radius 2 is 1.91 bits per heavy atom. The number of anilines is 1. The fourth-order valence-corrected chi connectivity index (χ4v) is 5.67. The summed E-state index contributed by atoms with van der Waals surface area (Å²) in [5, 5.41) is 0. The van der Waals surface area contributed by atoms with Gasteiger partial charge in [-0.05, 0) is 42.7 Å². The van der Waals surface area contributed by atoms with Gasteiger partial charge in [0, 0.05) is 16.7 Å². The number of Topliss-reactive ketones (excluding diaryl/α,β-unsaturated/α-hetero) is 2. The number of benzene rings is 1. The van der Waals surface area contributed by atoms with Gasteiger partial charge in [0.15, 0.2) is 0 Å². The Balaban J connectivity index is 1.89. The molecule has 0 fully saturated rings. The van der Waals surface area contributed by atoms with Crippen LogP contribution in [-0.4, -0.2) is 46.5 Å². The molecule has 2 aliphatic carbocycles. The third-order valence-corrected chi connectivity index (χ3v) is 7.54. The number of ketones is 2. The molecule has 0 spiro atoms. The Labute approximate surface area is 193 Å². The fraction of sp³-hybridized carbons (Fsp3) is 0.429. The minimum absolute atomic E-state index is 0.0351. The predicted molar refractivity (Wildman–Crippen MR) is 117 cm³/mol. The van der Waals surface area contributed by atoms with Gasteiger partial charge in [0.2, 0.25) is 17.5 Å². The highest BCUT2D eigenvalue weighted by molar-refractivity contribution is 7.87. The van der Waals surface area contributed by atoms with E-state index in [-0.39, 0.29) is 27.9 Å². The Bertz CT molecular complexity index is 1310. The summed E-state index contributed by atoms with van der Waals surface area (Å²) in [6.45, 7) is 4.34. The molecule has 1 unspecified atom stereocenters. The average molecular weight is 497 g/mol. The highest BCUT2D eigenvalue weighted by Crippen LogP contribution is 2.47. The van der Waals surface area contributed by atoms with Crippen molar-refractivity contribution in [1.29, 1.82) is 0 Å². The number of carbonyl (C=O) groups is 2. The minimum Gasteiger partial charge on any atom is -0.750 e. The number of hydrogen-bond acceptors (Lipinski definition) is 8. The van der Waals surface area contributed by atoms with E-state index in [1.54, 1.807) is 6.07 Å². The molecule has 2 aromatic rings. The van der Waals surface area contributed by atoms with Gasteiger partial charge in [0.25, 0.3) is 0 Å². The lowest BCUT2D eigenvalue weighted by Gasteiger charge is -2.34. The van der Waals surface area contributed by atoms with E-state index in [4.69, 9.17) is 4.42 Å². The number of hydrogen-bond donors (Lipinski definition) is 1. The summed E-state index contributed by atoms with van der Waals surface area (Å²) >= 11 is -2.89. The largest absolute Gasteiger partial charge is 0.750 e. The Hall–Kier alpha value is -2.38. The van der Waals surface area contributed by atoms with Gasteiger partial charge in [-0.3, -0.25) is 18.3 Å². The van der Waals surface area contributed by atoms with Gasteiger partial charge in [-0.1, -0.05) is 26.0 Å². The third-order valence-electron chi connectivity index (χ3n) is 6.28. The van der Waals surface area contributed by atoms with Crippen LogP contribution in [-0.2, 0) is 37.7 Å². The van der Waals surface area contributed by atoms with Crippen molar-refractivity contribution < 1.29 is 39.9 Å². The molecule has 1 N–H and O–H groups in total. The summed E-state index contributed by atoms with van der Waals surface area (Å²) in [5.74, 6) is -1.87. The van der Waals surface area contributed by atoms with Crippen LogP contribution in [0.25, 0.3) is 11.3 Å². The first-order valence-corrected chi connectivity index (χ1v) is 12.6. The first kappa shape index (κ1) is 23.8. The van der Waals surface area contributed by atoms with E-state index in [0.717, 1.165) is 24.0 Å². The fourth-order valence-electron chi connectivity index (χ4n) is 4.77. The van der Waals surface area contributed by atoms with Gasteiger partial charge < -0.3 is 8.97 Å². The third kappa shape index (κ3) is 3.95. The van der Waals surface area contributed by atoms with Crippen molar-refractivity contribution in [3.8, 4) is 11.3 Å². The lowest BCUT2D eigenvalue weighted by Crippen LogP contribution is -2.34. The van der Waals surface area contributed by atoms with Crippen LogP contribution in [0.1, 0.15) is 64.1 Å². The number of nitrogens with zero attached hydrogens (tertiary/aromatic N) is 1. The quantitative estimate of drug-likeness (QED) is 0.361. The maximum absolute atomic E-state index is 13.2. The second-order valence-electron chi connectivity index (χ2n) is 8.72. The summed E-state index contributed by atoms with van der Waals surface area (Å²) < 4.78 is 65.4. The van der Waals surface area contributed by atoms with Crippen LogP contribution in [0.4, 0.5) is 5.88 Å². The van der Waals surface area contributed by atoms with Crippen LogP contribution >= 0.6 is 0 Å². The van der Waals surface area contributed by atoms with E-state index in [1.807, 2.05) is 6.07 Å². The topological polar surface area (TPSA) is 154 Å². The smallest absolute Gasteiger partial charge is 0.362 e. The molecule has 0 radical (unpaired) electrons. The molecule has 10 nitrogen and oxygen atoms in total. The molecule has 1 atom stereocenters. The number of rotatable bonds is 6. The summed E-state index contributed by atoms with van der Waals surface area (Å²) in [7, 11) is -4.91. The maximum Gasteiger partial charge on any atom is 0.362 e. The molecule has 0 amide bonds. The highest BCUT2D eigenvalue weighted by Gasteiger charge is 2.42. The Kier molecular flexibility index (Phi) is 5.86. The number of fused-ring (bicyclic) bond motifs is 5. The maximum atomic E-state index is 13.2. The van der Waals surface area contributed by atoms with Crippen LogP contribution < -0.4 is 4.31 Å². The first-order chi connectivity index (χ1) is 15.3. The molecule has 33 heavy (non-hydrogen) atoms. The molecule has 1 heterocycles. The molecular weight excluding hydrogens is 474 g/mol. The van der Waals surface area contributed by atoms with Gasteiger partial charge in [0.05, 0.1) is 30.1 Å². The SMILES string of the molecule is Cc1c(N(CCOS(=O)[O-])S(=O)(=O)O)oc2c1C(=O)C(=O)c1c-2ccc2c1CCCC2(C)C. The zero-order valence-electron chi connectivity index (χ0n) is 18.2. The molecule has 0 saturated carbocycles. The van der Waals surface area contributed by atoms with Crippen LogP contribution in [0.5, 0.6) is 0 Å². The molecule has 2 aliphatic rings. The van der Waals surface area contributed by atoms with Gasteiger partial charge in [-0.2, -0.15) is 8.42 Å². The number of furan rings is 1. The molecule has 1 aromatic carbocycles. The first-order valence-electron chi connectivity index (χ1n) is 10.2. The summed E-state index contributed by atoms with van der Waals surface area (Å²) in [6, 6.07) is 3.59. The molecule has 12 heteroatoms. The highest BCUT2D eigenvalue weighted by atomic mass is 32.2. The second kappa shape index (κ2) is 8.13.